The van der Waals surface area contributed by atoms with Crippen LogP contribution in [0.25, 0.3) is 17.2 Å². The summed E-state index contributed by atoms with van der Waals surface area (Å²) in [5.41, 5.74) is 1.74. The lowest BCUT2D eigenvalue weighted by atomic mass is 10.3. The Morgan fingerprint density at radius 2 is 1.93 bits per heavy atom. The first-order valence-electron chi connectivity index (χ1n) is 8.35. The predicted octanol–water partition coefficient (Wildman–Crippen LogP) is 1.35. The summed E-state index contributed by atoms with van der Waals surface area (Å²) in [5, 5.41) is 11.2. The summed E-state index contributed by atoms with van der Waals surface area (Å²) < 4.78 is 1.91. The Morgan fingerprint density at radius 3 is 2.74 bits per heavy atom. The molecule has 4 aromatic rings. The number of aromatic nitrogens is 7. The second-order valence-electron chi connectivity index (χ2n) is 5.65. The number of imidazole rings is 1. The summed E-state index contributed by atoms with van der Waals surface area (Å²) in [6.07, 6.45) is 9.86. The Hall–Kier alpha value is -3.88. The first-order valence-corrected chi connectivity index (χ1v) is 8.35. The molecule has 1 aromatic carbocycles. The molecule has 9 nitrogen and oxygen atoms in total. The number of hydrogen-bond donors (Lipinski definition) is 1. The van der Waals surface area contributed by atoms with Crippen LogP contribution in [0.2, 0.25) is 0 Å². The quantitative estimate of drug-likeness (QED) is 0.557. The topological polar surface area (TPSA) is 103 Å². The molecular formula is C18H16N8O. The van der Waals surface area contributed by atoms with Crippen LogP contribution in [0.1, 0.15) is 10.5 Å². The maximum atomic E-state index is 12.3. The molecule has 1 N–H and O–H groups in total. The fraction of sp³-hybridized carbons (Fsp3) is 0.111. The van der Waals surface area contributed by atoms with E-state index in [9.17, 15) is 4.79 Å². The van der Waals surface area contributed by atoms with Gasteiger partial charge in [-0.15, -0.1) is 5.10 Å². The number of amides is 1. The number of rotatable bonds is 6. The van der Waals surface area contributed by atoms with E-state index in [4.69, 9.17) is 0 Å². The fourth-order valence-corrected chi connectivity index (χ4v) is 2.57. The second kappa shape index (κ2) is 7.56. The number of benzene rings is 1. The van der Waals surface area contributed by atoms with Crippen LogP contribution in [0, 0.1) is 0 Å². The minimum absolute atomic E-state index is 0.263. The largest absolute Gasteiger partial charge is 0.349 e. The Morgan fingerprint density at radius 1 is 1.04 bits per heavy atom. The van der Waals surface area contributed by atoms with Gasteiger partial charge in [0.1, 0.15) is 5.69 Å². The molecule has 27 heavy (non-hydrogen) atoms. The van der Waals surface area contributed by atoms with Crippen LogP contribution in [-0.4, -0.2) is 47.0 Å². The molecule has 0 aliphatic carbocycles. The van der Waals surface area contributed by atoms with Crippen molar-refractivity contribution >= 4 is 5.91 Å². The van der Waals surface area contributed by atoms with Crippen molar-refractivity contribution in [3.8, 4) is 17.2 Å². The monoisotopic (exact) mass is 360 g/mol. The van der Waals surface area contributed by atoms with Crippen LogP contribution in [0.15, 0.2) is 67.5 Å². The van der Waals surface area contributed by atoms with Gasteiger partial charge in [-0.2, -0.15) is 9.90 Å². The van der Waals surface area contributed by atoms with Crippen molar-refractivity contribution in [3.63, 3.8) is 0 Å². The Bertz CT molecular complexity index is 1030. The molecule has 0 aliphatic heterocycles. The van der Waals surface area contributed by atoms with E-state index in [1.807, 2.05) is 41.1 Å². The summed E-state index contributed by atoms with van der Waals surface area (Å²) in [7, 11) is 0. The van der Waals surface area contributed by atoms with Crippen molar-refractivity contribution in [1.82, 2.24) is 39.8 Å². The van der Waals surface area contributed by atoms with Gasteiger partial charge in [0.05, 0.1) is 18.1 Å². The number of para-hydroxylation sites is 1. The molecule has 1 amide bonds. The molecule has 0 atom stereocenters. The molecule has 9 heteroatoms. The molecule has 0 saturated carbocycles. The van der Waals surface area contributed by atoms with Crippen LogP contribution in [-0.2, 0) is 6.54 Å². The van der Waals surface area contributed by atoms with E-state index in [1.54, 1.807) is 24.8 Å². The zero-order chi connectivity index (χ0) is 18.5. The molecule has 4 rings (SSSR count). The number of nitrogens with zero attached hydrogens (tertiary/aromatic N) is 7. The van der Waals surface area contributed by atoms with Gasteiger partial charge in [0.2, 0.25) is 0 Å². The van der Waals surface area contributed by atoms with E-state index in [0.717, 1.165) is 5.69 Å². The van der Waals surface area contributed by atoms with Crippen LogP contribution in [0.3, 0.4) is 0 Å². The van der Waals surface area contributed by atoms with Gasteiger partial charge in [-0.1, -0.05) is 18.2 Å². The number of carbonyl (C=O) groups excluding carboxylic acids is 1. The lowest BCUT2D eigenvalue weighted by Crippen LogP contribution is -2.27. The normalized spacial score (nSPS) is 10.7. The summed E-state index contributed by atoms with van der Waals surface area (Å²) in [6, 6.07) is 9.42. The van der Waals surface area contributed by atoms with E-state index < -0.39 is 0 Å². The summed E-state index contributed by atoms with van der Waals surface area (Å²) in [6.45, 7) is 0.963. The van der Waals surface area contributed by atoms with Gasteiger partial charge < -0.3 is 9.88 Å². The standard InChI is InChI=1S/C18H16N8O/c27-18(16-13-23-26(24-16)14-4-2-1-3-5-14)22-9-11-25-10-8-21-17(25)15-12-19-6-7-20-15/h1-8,10,12-13H,9,11H2,(H,22,27). The second-order valence-corrected chi connectivity index (χ2v) is 5.65. The summed E-state index contributed by atoms with van der Waals surface area (Å²) in [4.78, 5) is 26.3. The SMILES string of the molecule is O=C(NCCn1ccnc1-c1cnccn1)c1cnn(-c2ccccc2)n1. The van der Waals surface area contributed by atoms with Crippen LogP contribution < -0.4 is 5.32 Å². The maximum Gasteiger partial charge on any atom is 0.273 e. The van der Waals surface area contributed by atoms with Crippen LogP contribution >= 0.6 is 0 Å². The highest BCUT2D eigenvalue weighted by atomic mass is 16.2. The average molecular weight is 360 g/mol. The molecule has 0 spiro atoms. The van der Waals surface area contributed by atoms with E-state index in [1.165, 1.54) is 11.0 Å². The van der Waals surface area contributed by atoms with E-state index in [2.05, 4.69) is 30.5 Å². The number of hydrogen-bond acceptors (Lipinski definition) is 6. The fourth-order valence-electron chi connectivity index (χ4n) is 2.57. The van der Waals surface area contributed by atoms with Gasteiger partial charge >= 0.3 is 0 Å². The van der Waals surface area contributed by atoms with Gasteiger partial charge in [0.15, 0.2) is 11.5 Å². The Labute approximate surface area is 154 Å². The lowest BCUT2D eigenvalue weighted by Gasteiger charge is -2.07. The van der Waals surface area contributed by atoms with Crippen molar-refractivity contribution in [1.29, 1.82) is 0 Å². The predicted molar refractivity (Wildman–Crippen MR) is 96.9 cm³/mol. The highest BCUT2D eigenvalue weighted by Crippen LogP contribution is 2.12. The van der Waals surface area contributed by atoms with E-state index >= 15 is 0 Å². The van der Waals surface area contributed by atoms with Gasteiger partial charge in [-0.25, -0.2) is 9.97 Å². The van der Waals surface area contributed by atoms with Crippen molar-refractivity contribution in [2.75, 3.05) is 6.54 Å². The average Bonchev–Trinajstić information content (AvgIpc) is 3.39. The molecular weight excluding hydrogens is 344 g/mol. The zero-order valence-electron chi connectivity index (χ0n) is 14.3. The highest BCUT2D eigenvalue weighted by Gasteiger charge is 2.12. The van der Waals surface area contributed by atoms with Crippen LogP contribution in [0.4, 0.5) is 0 Å². The third kappa shape index (κ3) is 3.71. The molecule has 0 saturated heterocycles. The highest BCUT2D eigenvalue weighted by molar-refractivity contribution is 5.91. The maximum absolute atomic E-state index is 12.3. The first kappa shape index (κ1) is 16.6. The van der Waals surface area contributed by atoms with E-state index in [-0.39, 0.29) is 11.6 Å². The molecule has 134 valence electrons. The van der Waals surface area contributed by atoms with E-state index in [0.29, 0.717) is 24.6 Å². The van der Waals surface area contributed by atoms with Gasteiger partial charge in [-0.05, 0) is 12.1 Å². The summed E-state index contributed by atoms with van der Waals surface area (Å²) in [5.74, 6) is 0.422. The van der Waals surface area contributed by atoms with Gasteiger partial charge in [0.25, 0.3) is 5.91 Å². The minimum atomic E-state index is -0.279. The molecule has 0 unspecified atom stereocenters. The van der Waals surface area contributed by atoms with Crippen molar-refractivity contribution in [3.05, 3.63) is 73.2 Å². The number of carbonyl (C=O) groups is 1. The lowest BCUT2D eigenvalue weighted by molar-refractivity contribution is 0.0947. The van der Waals surface area contributed by atoms with Crippen LogP contribution in [0.5, 0.6) is 0 Å². The summed E-state index contributed by atoms with van der Waals surface area (Å²) >= 11 is 0. The molecule has 0 radical (unpaired) electrons. The Kier molecular flexibility index (Phi) is 4.64. The van der Waals surface area contributed by atoms with Crippen molar-refractivity contribution in [2.24, 2.45) is 0 Å². The minimum Gasteiger partial charge on any atom is -0.349 e. The zero-order valence-corrected chi connectivity index (χ0v) is 14.3. The molecule has 0 fully saturated rings. The van der Waals surface area contributed by atoms with Crippen molar-refractivity contribution < 1.29 is 4.79 Å². The molecule has 0 aliphatic rings. The third-order valence-electron chi connectivity index (χ3n) is 3.86. The third-order valence-corrected chi connectivity index (χ3v) is 3.86. The first-order chi connectivity index (χ1) is 13.3. The smallest absolute Gasteiger partial charge is 0.273 e. The Balaban J connectivity index is 1.37. The molecule has 0 bridgehead atoms. The molecule has 3 heterocycles. The van der Waals surface area contributed by atoms with Crippen molar-refractivity contribution in [2.45, 2.75) is 6.54 Å². The molecule has 3 aromatic heterocycles. The number of nitrogens with one attached hydrogen (secondary N) is 1. The van der Waals surface area contributed by atoms with Gasteiger partial charge in [-0.3, -0.25) is 9.78 Å². The van der Waals surface area contributed by atoms with Gasteiger partial charge in [0, 0.05) is 37.9 Å².